The smallest absolute Gasteiger partial charge is 0.0408 e. The van der Waals surface area contributed by atoms with Crippen LogP contribution in [0.2, 0.25) is 0 Å². The van der Waals surface area contributed by atoms with E-state index in [1.54, 1.807) is 0 Å². The van der Waals surface area contributed by atoms with Crippen molar-refractivity contribution in [3.05, 3.63) is 0 Å². The molecule has 1 rings (SSSR count). The molecule has 0 spiro atoms. The summed E-state index contributed by atoms with van der Waals surface area (Å²) in [4.78, 5) is 0. The van der Waals surface area contributed by atoms with Crippen LogP contribution in [0.5, 0.6) is 0 Å². The molecule has 2 N–H and O–H groups in total. The lowest BCUT2D eigenvalue weighted by molar-refractivity contribution is 0.591. The van der Waals surface area contributed by atoms with Gasteiger partial charge in [0, 0.05) is 5.38 Å². The van der Waals surface area contributed by atoms with E-state index in [9.17, 15) is 0 Å². The first-order chi connectivity index (χ1) is 3.19. The Morgan fingerprint density at radius 1 is 2.00 bits per heavy atom. The zero-order valence-corrected chi connectivity index (χ0v) is 5.20. The minimum atomic E-state index is 0.293. The number of alkyl halides is 1. The van der Waals surface area contributed by atoms with Crippen molar-refractivity contribution in [3.8, 4) is 0 Å². The van der Waals surface area contributed by atoms with Crippen molar-refractivity contribution in [3.63, 3.8) is 0 Å². The SMILES string of the molecule is CC1(CN)CC1Cl. The summed E-state index contributed by atoms with van der Waals surface area (Å²) in [6.45, 7) is 2.85. The number of rotatable bonds is 1. The highest BCUT2D eigenvalue weighted by Gasteiger charge is 2.47. The summed E-state index contributed by atoms with van der Waals surface area (Å²) < 4.78 is 0. The predicted molar refractivity (Wildman–Crippen MR) is 31.4 cm³/mol. The highest BCUT2D eigenvalue weighted by Crippen LogP contribution is 2.48. The van der Waals surface area contributed by atoms with Gasteiger partial charge in [-0.05, 0) is 18.4 Å². The van der Waals surface area contributed by atoms with Crippen LogP contribution in [0.1, 0.15) is 13.3 Å². The van der Waals surface area contributed by atoms with E-state index in [4.69, 9.17) is 17.3 Å². The molecule has 1 saturated carbocycles. The number of halogens is 1. The van der Waals surface area contributed by atoms with Crippen LogP contribution in [0.15, 0.2) is 0 Å². The molecular formula is C5H10ClN. The third-order valence-corrected chi connectivity index (χ3v) is 2.39. The van der Waals surface area contributed by atoms with Gasteiger partial charge in [0.25, 0.3) is 0 Å². The maximum absolute atomic E-state index is 5.71. The van der Waals surface area contributed by atoms with Crippen LogP contribution < -0.4 is 5.73 Å². The van der Waals surface area contributed by atoms with E-state index >= 15 is 0 Å². The lowest BCUT2D eigenvalue weighted by Gasteiger charge is -1.99. The Labute approximate surface area is 48.8 Å². The highest BCUT2D eigenvalue weighted by molar-refractivity contribution is 6.23. The second-order valence-corrected chi connectivity index (χ2v) is 3.06. The fraction of sp³-hybridized carbons (Fsp3) is 1.00. The quantitative estimate of drug-likeness (QED) is 0.512. The van der Waals surface area contributed by atoms with Gasteiger partial charge in [0.1, 0.15) is 0 Å². The molecule has 2 unspecified atom stereocenters. The summed E-state index contributed by atoms with van der Waals surface area (Å²) in [7, 11) is 0. The topological polar surface area (TPSA) is 26.0 Å². The lowest BCUT2D eigenvalue weighted by Crippen LogP contribution is -2.13. The second-order valence-electron chi connectivity index (χ2n) is 2.53. The molecule has 0 aliphatic heterocycles. The molecule has 1 fully saturated rings. The normalized spacial score (nSPS) is 49.3. The first-order valence-corrected chi connectivity index (χ1v) is 2.97. The van der Waals surface area contributed by atoms with Crippen molar-refractivity contribution < 1.29 is 0 Å². The Balaban J connectivity index is 2.36. The van der Waals surface area contributed by atoms with E-state index in [0.717, 1.165) is 13.0 Å². The second kappa shape index (κ2) is 1.36. The molecule has 7 heavy (non-hydrogen) atoms. The van der Waals surface area contributed by atoms with Crippen LogP contribution in [0.4, 0.5) is 0 Å². The zero-order chi connectivity index (χ0) is 5.49. The van der Waals surface area contributed by atoms with Gasteiger partial charge < -0.3 is 5.73 Å². The Kier molecular flexibility index (Phi) is 1.05. The summed E-state index contributed by atoms with van der Waals surface area (Å²) >= 11 is 5.71. The molecule has 1 aliphatic rings. The number of hydrogen-bond donors (Lipinski definition) is 1. The molecular weight excluding hydrogens is 110 g/mol. The van der Waals surface area contributed by atoms with Crippen molar-refractivity contribution in [2.24, 2.45) is 11.1 Å². The fourth-order valence-electron chi connectivity index (χ4n) is 0.562. The summed E-state index contributed by atoms with van der Waals surface area (Å²) in [5, 5.41) is 0.359. The third-order valence-electron chi connectivity index (χ3n) is 1.71. The molecule has 0 amide bonds. The van der Waals surface area contributed by atoms with Gasteiger partial charge in [0.15, 0.2) is 0 Å². The maximum Gasteiger partial charge on any atom is 0.0408 e. The molecule has 1 nitrogen and oxygen atoms in total. The van der Waals surface area contributed by atoms with Gasteiger partial charge in [-0.15, -0.1) is 11.6 Å². The van der Waals surface area contributed by atoms with E-state index in [0.29, 0.717) is 10.8 Å². The van der Waals surface area contributed by atoms with Gasteiger partial charge in [-0.25, -0.2) is 0 Å². The molecule has 0 heterocycles. The van der Waals surface area contributed by atoms with Crippen LogP contribution in [-0.2, 0) is 0 Å². The summed E-state index contributed by atoms with van der Waals surface area (Å²) in [5.74, 6) is 0. The van der Waals surface area contributed by atoms with Gasteiger partial charge in [0.2, 0.25) is 0 Å². The van der Waals surface area contributed by atoms with Crippen LogP contribution in [-0.4, -0.2) is 11.9 Å². The van der Waals surface area contributed by atoms with E-state index in [1.165, 1.54) is 0 Å². The molecule has 0 aromatic rings. The first kappa shape index (κ1) is 5.39. The Morgan fingerprint density at radius 2 is 2.43 bits per heavy atom. The Hall–Kier alpha value is 0.250. The molecule has 0 saturated heterocycles. The van der Waals surface area contributed by atoms with Crippen molar-refractivity contribution in [2.45, 2.75) is 18.7 Å². The third kappa shape index (κ3) is 0.752. The molecule has 42 valence electrons. The highest BCUT2D eigenvalue weighted by atomic mass is 35.5. The maximum atomic E-state index is 5.71. The van der Waals surface area contributed by atoms with E-state index in [2.05, 4.69) is 6.92 Å². The van der Waals surface area contributed by atoms with E-state index < -0.39 is 0 Å². The Morgan fingerprint density at radius 3 is 2.43 bits per heavy atom. The molecule has 2 atom stereocenters. The number of hydrogen-bond acceptors (Lipinski definition) is 1. The van der Waals surface area contributed by atoms with Gasteiger partial charge >= 0.3 is 0 Å². The molecule has 0 aromatic heterocycles. The van der Waals surface area contributed by atoms with Crippen LogP contribution in [0, 0.1) is 5.41 Å². The van der Waals surface area contributed by atoms with Crippen LogP contribution >= 0.6 is 11.6 Å². The molecule has 2 heteroatoms. The first-order valence-electron chi connectivity index (χ1n) is 2.53. The zero-order valence-electron chi connectivity index (χ0n) is 4.45. The van der Waals surface area contributed by atoms with Crippen molar-refractivity contribution in [1.29, 1.82) is 0 Å². The van der Waals surface area contributed by atoms with Gasteiger partial charge in [-0.1, -0.05) is 6.92 Å². The number of nitrogens with two attached hydrogens (primary N) is 1. The predicted octanol–water partition coefficient (Wildman–Crippen LogP) is 0.963. The standard InChI is InChI=1S/C5H10ClN/c1-5(3-7)2-4(5)6/h4H,2-3,7H2,1H3. The molecule has 0 radical (unpaired) electrons. The van der Waals surface area contributed by atoms with Crippen molar-refractivity contribution in [1.82, 2.24) is 0 Å². The summed E-state index contributed by atoms with van der Waals surface area (Å²) in [6, 6.07) is 0. The monoisotopic (exact) mass is 119 g/mol. The average molecular weight is 120 g/mol. The average Bonchev–Trinajstić information content (AvgIpc) is 2.18. The molecule has 1 aliphatic carbocycles. The van der Waals surface area contributed by atoms with Crippen LogP contribution in [0.3, 0.4) is 0 Å². The summed E-state index contributed by atoms with van der Waals surface area (Å²) in [5.41, 5.74) is 5.67. The van der Waals surface area contributed by atoms with E-state index in [1.807, 2.05) is 0 Å². The van der Waals surface area contributed by atoms with Crippen molar-refractivity contribution in [2.75, 3.05) is 6.54 Å². The fourth-order valence-corrected chi connectivity index (χ4v) is 1.00. The molecule has 0 bridgehead atoms. The van der Waals surface area contributed by atoms with Crippen LogP contribution in [0.25, 0.3) is 0 Å². The van der Waals surface area contributed by atoms with Gasteiger partial charge in [-0.2, -0.15) is 0 Å². The minimum Gasteiger partial charge on any atom is -0.330 e. The van der Waals surface area contributed by atoms with Crippen molar-refractivity contribution >= 4 is 11.6 Å². The largest absolute Gasteiger partial charge is 0.330 e. The van der Waals surface area contributed by atoms with Gasteiger partial charge in [-0.3, -0.25) is 0 Å². The van der Waals surface area contributed by atoms with Gasteiger partial charge in [0.05, 0.1) is 0 Å². The lowest BCUT2D eigenvalue weighted by atomic mass is 10.1. The Bertz CT molecular complexity index is 80.1. The molecule has 0 aromatic carbocycles. The van der Waals surface area contributed by atoms with E-state index in [-0.39, 0.29) is 0 Å². The minimum absolute atomic E-state index is 0.293. The summed E-state index contributed by atoms with van der Waals surface area (Å²) in [6.07, 6.45) is 1.10.